The molecule has 2 aliphatic heterocycles. The van der Waals surface area contributed by atoms with E-state index in [9.17, 15) is 4.39 Å². The molecule has 0 amide bonds. The van der Waals surface area contributed by atoms with Crippen molar-refractivity contribution in [2.75, 3.05) is 38.3 Å². The van der Waals surface area contributed by atoms with Crippen molar-refractivity contribution in [3.63, 3.8) is 0 Å². The third-order valence-corrected chi connectivity index (χ3v) is 6.01. The van der Waals surface area contributed by atoms with Crippen molar-refractivity contribution in [1.29, 1.82) is 0 Å². The predicted molar refractivity (Wildman–Crippen MR) is 114 cm³/mol. The molecule has 2 aliphatic rings. The number of halogens is 1. The van der Waals surface area contributed by atoms with E-state index in [-0.39, 0.29) is 0 Å². The van der Waals surface area contributed by atoms with Gasteiger partial charge in [0.1, 0.15) is 17.1 Å². The molecule has 0 spiro atoms. The molecule has 8 nitrogen and oxygen atoms in total. The first-order chi connectivity index (χ1) is 15.1. The van der Waals surface area contributed by atoms with E-state index in [1.54, 1.807) is 13.0 Å². The van der Waals surface area contributed by atoms with E-state index in [4.69, 9.17) is 19.0 Å². The first-order valence-electron chi connectivity index (χ1n) is 10.7. The van der Waals surface area contributed by atoms with E-state index in [2.05, 4.69) is 20.4 Å². The number of rotatable bonds is 5. The van der Waals surface area contributed by atoms with Crippen LogP contribution in [0.5, 0.6) is 5.75 Å². The van der Waals surface area contributed by atoms with Crippen molar-refractivity contribution in [2.45, 2.75) is 38.3 Å². The lowest BCUT2D eigenvalue weighted by atomic mass is 10.0. The highest BCUT2D eigenvalue weighted by Gasteiger charge is 2.27. The summed E-state index contributed by atoms with van der Waals surface area (Å²) < 4.78 is 30.9. The van der Waals surface area contributed by atoms with Crippen molar-refractivity contribution >= 4 is 16.7 Å². The Hall–Kier alpha value is -2.78. The van der Waals surface area contributed by atoms with E-state index in [0.717, 1.165) is 45.6 Å². The van der Waals surface area contributed by atoms with Crippen LogP contribution in [0.15, 0.2) is 22.7 Å². The number of piperidine rings is 1. The van der Waals surface area contributed by atoms with Crippen LogP contribution in [-0.4, -0.2) is 60.6 Å². The number of aryl methyl sites for hydroxylation is 1. The Morgan fingerprint density at radius 2 is 1.97 bits per heavy atom. The SMILES string of the molecule is COc1cc(F)c2nc(N3CCC(N[C@@H]4CCOC4)CC3)c(-c3nc(C)no3)cc2c1. The van der Waals surface area contributed by atoms with Gasteiger partial charge >= 0.3 is 0 Å². The molecule has 2 fully saturated rings. The molecule has 4 heterocycles. The van der Waals surface area contributed by atoms with Gasteiger partial charge in [-0.25, -0.2) is 9.37 Å². The third kappa shape index (κ3) is 4.07. The summed E-state index contributed by atoms with van der Waals surface area (Å²) in [5, 5.41) is 8.26. The van der Waals surface area contributed by atoms with Gasteiger partial charge < -0.3 is 24.2 Å². The third-order valence-electron chi connectivity index (χ3n) is 6.01. The summed E-state index contributed by atoms with van der Waals surface area (Å²) in [4.78, 5) is 11.3. The Kier molecular flexibility index (Phi) is 5.45. The normalized spacial score (nSPS) is 20.0. The molecule has 1 atom stereocenters. The number of aromatic nitrogens is 3. The average molecular weight is 427 g/mol. The standard InChI is InChI=1S/C22H26FN5O3/c1-13-24-22(31-27-13)18-10-14-9-17(29-2)11-19(23)20(14)26-21(18)28-6-3-15(4-7-28)25-16-5-8-30-12-16/h9-11,15-16,25H,3-8,12H2,1-2H3/t16-/m1/s1. The maximum atomic E-state index is 14.8. The summed E-state index contributed by atoms with van der Waals surface area (Å²) >= 11 is 0. The second-order valence-electron chi connectivity index (χ2n) is 8.18. The number of methoxy groups -OCH3 is 1. The molecule has 2 saturated heterocycles. The minimum absolute atomic E-state index is 0.305. The fourth-order valence-corrected chi connectivity index (χ4v) is 4.39. The van der Waals surface area contributed by atoms with Gasteiger partial charge in [-0.05, 0) is 38.3 Å². The minimum atomic E-state index is -0.415. The monoisotopic (exact) mass is 427 g/mol. The zero-order valence-electron chi connectivity index (χ0n) is 17.7. The molecule has 164 valence electrons. The van der Waals surface area contributed by atoms with E-state index in [0.29, 0.717) is 51.8 Å². The summed E-state index contributed by atoms with van der Waals surface area (Å²) in [6.45, 7) is 5.01. The van der Waals surface area contributed by atoms with Gasteiger partial charge in [-0.2, -0.15) is 4.98 Å². The first-order valence-corrected chi connectivity index (χ1v) is 10.7. The molecule has 1 aromatic carbocycles. The maximum Gasteiger partial charge on any atom is 0.261 e. The van der Waals surface area contributed by atoms with Crippen LogP contribution in [0.25, 0.3) is 22.4 Å². The van der Waals surface area contributed by atoms with Crippen molar-refractivity contribution in [1.82, 2.24) is 20.4 Å². The van der Waals surface area contributed by atoms with Gasteiger partial charge in [0.2, 0.25) is 0 Å². The fourth-order valence-electron chi connectivity index (χ4n) is 4.39. The number of anilines is 1. The van der Waals surface area contributed by atoms with Crippen LogP contribution in [0.2, 0.25) is 0 Å². The number of fused-ring (bicyclic) bond motifs is 1. The summed E-state index contributed by atoms with van der Waals surface area (Å²) in [7, 11) is 1.51. The van der Waals surface area contributed by atoms with Gasteiger partial charge in [0.05, 0.1) is 19.3 Å². The van der Waals surface area contributed by atoms with Gasteiger partial charge in [0.15, 0.2) is 11.6 Å². The topological polar surface area (TPSA) is 85.5 Å². The van der Waals surface area contributed by atoms with E-state index < -0.39 is 5.82 Å². The van der Waals surface area contributed by atoms with E-state index in [1.807, 2.05) is 6.07 Å². The van der Waals surface area contributed by atoms with Crippen molar-refractivity contribution in [2.24, 2.45) is 0 Å². The van der Waals surface area contributed by atoms with Gasteiger partial charge in [-0.1, -0.05) is 5.16 Å². The summed E-state index contributed by atoms with van der Waals surface area (Å²) in [6, 6.07) is 5.86. The first kappa shape index (κ1) is 20.1. The quantitative estimate of drug-likeness (QED) is 0.665. The number of ether oxygens (including phenoxy) is 2. The lowest BCUT2D eigenvalue weighted by Crippen LogP contribution is -2.46. The number of hydrogen-bond acceptors (Lipinski definition) is 8. The molecule has 0 radical (unpaired) electrons. The number of nitrogens with one attached hydrogen (secondary N) is 1. The highest BCUT2D eigenvalue weighted by Crippen LogP contribution is 2.35. The predicted octanol–water partition coefficient (Wildman–Crippen LogP) is 3.09. The largest absolute Gasteiger partial charge is 0.497 e. The van der Waals surface area contributed by atoms with Crippen molar-refractivity contribution < 1.29 is 18.4 Å². The van der Waals surface area contributed by atoms with Crippen molar-refractivity contribution in [3.05, 3.63) is 29.8 Å². The average Bonchev–Trinajstić information content (AvgIpc) is 3.45. The Balaban J connectivity index is 1.47. The van der Waals surface area contributed by atoms with Crippen molar-refractivity contribution in [3.8, 4) is 17.2 Å². The molecule has 9 heteroatoms. The lowest BCUT2D eigenvalue weighted by molar-refractivity contribution is 0.186. The molecule has 2 aromatic heterocycles. The molecule has 0 aliphatic carbocycles. The molecular formula is C22H26FN5O3. The molecule has 0 saturated carbocycles. The molecule has 31 heavy (non-hydrogen) atoms. The second-order valence-corrected chi connectivity index (χ2v) is 8.18. The lowest BCUT2D eigenvalue weighted by Gasteiger charge is -2.35. The Morgan fingerprint density at radius 3 is 2.65 bits per heavy atom. The molecule has 3 aromatic rings. The summed E-state index contributed by atoms with van der Waals surface area (Å²) in [6.07, 6.45) is 3.02. The molecule has 0 bridgehead atoms. The van der Waals surface area contributed by atoms with Crippen LogP contribution in [-0.2, 0) is 4.74 Å². The fraction of sp³-hybridized carbons (Fsp3) is 0.500. The van der Waals surface area contributed by atoms with Gasteiger partial charge in [0, 0.05) is 43.2 Å². The smallest absolute Gasteiger partial charge is 0.261 e. The molecular weight excluding hydrogens is 401 g/mol. The number of nitrogens with zero attached hydrogens (tertiary/aromatic N) is 4. The molecule has 0 unspecified atom stereocenters. The van der Waals surface area contributed by atoms with E-state index >= 15 is 0 Å². The van der Waals surface area contributed by atoms with Gasteiger partial charge in [-0.15, -0.1) is 0 Å². The van der Waals surface area contributed by atoms with E-state index in [1.165, 1.54) is 13.2 Å². The molecule has 1 N–H and O–H groups in total. The number of benzene rings is 1. The zero-order chi connectivity index (χ0) is 21.4. The van der Waals surface area contributed by atoms with Crippen LogP contribution < -0.4 is 15.0 Å². The number of hydrogen-bond donors (Lipinski definition) is 1. The van der Waals surface area contributed by atoms with Crippen LogP contribution in [0, 0.1) is 12.7 Å². The minimum Gasteiger partial charge on any atom is -0.497 e. The highest BCUT2D eigenvalue weighted by atomic mass is 19.1. The van der Waals surface area contributed by atoms with Crippen LogP contribution in [0.4, 0.5) is 10.2 Å². The zero-order valence-corrected chi connectivity index (χ0v) is 17.7. The Bertz CT molecular complexity index is 1070. The second kappa shape index (κ2) is 8.39. The highest BCUT2D eigenvalue weighted by molar-refractivity contribution is 5.89. The van der Waals surface area contributed by atoms with Crippen LogP contribution in [0.3, 0.4) is 0 Å². The Labute approximate surface area is 179 Å². The summed E-state index contributed by atoms with van der Waals surface area (Å²) in [5.74, 6) is 1.62. The summed E-state index contributed by atoms with van der Waals surface area (Å²) in [5.41, 5.74) is 1.01. The van der Waals surface area contributed by atoms with Gasteiger partial charge in [-0.3, -0.25) is 0 Å². The molecule has 5 rings (SSSR count). The maximum absolute atomic E-state index is 14.8. The van der Waals surface area contributed by atoms with Crippen LogP contribution >= 0.6 is 0 Å². The van der Waals surface area contributed by atoms with Gasteiger partial charge in [0.25, 0.3) is 5.89 Å². The van der Waals surface area contributed by atoms with Crippen LogP contribution in [0.1, 0.15) is 25.1 Å². The Morgan fingerprint density at radius 1 is 1.13 bits per heavy atom. The number of pyridine rings is 1.